The molecule has 0 aliphatic heterocycles. The average molecular weight is 387 g/mol. The predicted octanol–water partition coefficient (Wildman–Crippen LogP) is 3.33. The predicted molar refractivity (Wildman–Crippen MR) is 105 cm³/mol. The van der Waals surface area contributed by atoms with Crippen molar-refractivity contribution in [2.24, 2.45) is 0 Å². The smallest absolute Gasteiger partial charge is 0.330 e. The van der Waals surface area contributed by atoms with Gasteiger partial charge in [-0.2, -0.15) is 0 Å². The number of H-pyrrole nitrogens is 1. The van der Waals surface area contributed by atoms with E-state index in [4.69, 9.17) is 16.3 Å². The molecule has 0 aliphatic carbocycles. The molecule has 0 fully saturated rings. The van der Waals surface area contributed by atoms with Crippen molar-refractivity contribution in [2.45, 2.75) is 6.92 Å². The Bertz CT molecular complexity index is 996. The number of halogens is 1. The summed E-state index contributed by atoms with van der Waals surface area (Å²) in [5.74, 6) is 0.636. The molecule has 0 aliphatic rings. The number of hydrogen-bond donors (Lipinski definition) is 3. The maximum absolute atomic E-state index is 12.2. The molecule has 8 heteroatoms. The van der Waals surface area contributed by atoms with E-state index in [1.54, 1.807) is 54.7 Å². The fraction of sp³-hybridized carbons (Fsp3) is 0.158. The highest BCUT2D eigenvalue weighted by atomic mass is 35.5. The first kappa shape index (κ1) is 18.6. The number of hydrogen-bond acceptors (Lipinski definition) is 3. The first-order valence-corrected chi connectivity index (χ1v) is 8.72. The fourth-order valence-electron chi connectivity index (χ4n) is 2.59. The number of imidazole rings is 1. The van der Waals surface area contributed by atoms with Crippen LogP contribution in [0.15, 0.2) is 59.5 Å². The largest absolute Gasteiger partial charge is 0.492 e. The van der Waals surface area contributed by atoms with E-state index in [-0.39, 0.29) is 5.69 Å². The molecule has 140 valence electrons. The van der Waals surface area contributed by atoms with E-state index in [1.807, 2.05) is 6.92 Å². The topological polar surface area (TPSA) is 88.2 Å². The Morgan fingerprint density at radius 3 is 2.78 bits per heavy atom. The second kappa shape index (κ2) is 8.46. The number of rotatable bonds is 6. The summed E-state index contributed by atoms with van der Waals surface area (Å²) in [5, 5.41) is 6.06. The lowest BCUT2D eigenvalue weighted by molar-refractivity contribution is 0.247. The number of aromatic amines is 1. The Labute approximate surface area is 160 Å². The van der Waals surface area contributed by atoms with Crippen LogP contribution in [-0.2, 0) is 0 Å². The number of aromatic nitrogens is 2. The summed E-state index contributed by atoms with van der Waals surface area (Å²) in [7, 11) is 0. The fourth-order valence-corrected chi connectivity index (χ4v) is 2.77. The molecular weight excluding hydrogens is 368 g/mol. The molecule has 3 aromatic rings. The lowest BCUT2D eigenvalue weighted by atomic mass is 10.2. The second-order valence-corrected chi connectivity index (χ2v) is 6.21. The maximum Gasteiger partial charge on any atom is 0.330 e. The first-order valence-electron chi connectivity index (χ1n) is 8.34. The molecule has 1 aromatic heterocycles. The van der Waals surface area contributed by atoms with Gasteiger partial charge in [-0.1, -0.05) is 29.8 Å². The third kappa shape index (κ3) is 4.71. The Kier molecular flexibility index (Phi) is 5.83. The van der Waals surface area contributed by atoms with Gasteiger partial charge in [0.25, 0.3) is 0 Å². The van der Waals surface area contributed by atoms with Gasteiger partial charge in [0.05, 0.1) is 17.9 Å². The van der Waals surface area contributed by atoms with Crippen LogP contribution in [0.3, 0.4) is 0 Å². The molecule has 7 nitrogen and oxygen atoms in total. The van der Waals surface area contributed by atoms with Crippen LogP contribution in [0.1, 0.15) is 5.69 Å². The van der Waals surface area contributed by atoms with Crippen LogP contribution < -0.4 is 21.1 Å². The van der Waals surface area contributed by atoms with E-state index in [2.05, 4.69) is 15.6 Å². The van der Waals surface area contributed by atoms with Crippen molar-refractivity contribution < 1.29 is 9.53 Å². The number of urea groups is 1. The van der Waals surface area contributed by atoms with E-state index in [0.29, 0.717) is 35.3 Å². The second-order valence-electron chi connectivity index (χ2n) is 5.77. The molecule has 0 unspecified atom stereocenters. The molecule has 0 atom stereocenters. The monoisotopic (exact) mass is 386 g/mol. The lowest BCUT2D eigenvalue weighted by Gasteiger charge is -2.13. The van der Waals surface area contributed by atoms with Gasteiger partial charge in [-0.15, -0.1) is 0 Å². The zero-order chi connectivity index (χ0) is 19.2. The summed E-state index contributed by atoms with van der Waals surface area (Å²) in [6.45, 7) is 2.41. The number of nitrogens with one attached hydrogen (secondary N) is 3. The molecular formula is C19H19ClN4O3. The third-order valence-corrected chi connectivity index (χ3v) is 4.04. The molecule has 1 heterocycles. The number of para-hydroxylation sites is 2. The standard InChI is InChI=1S/C19H19ClN4O3/c1-13-12-22-19(26)24(13)17-8-3-2-7-16(17)23-18(25)21-9-10-27-15-6-4-5-14(20)11-15/h2-8,11-12H,9-10H2,1H3,(H,22,26)(H2,21,23,25). The van der Waals surface area contributed by atoms with Crippen LogP contribution >= 0.6 is 11.6 Å². The highest BCUT2D eigenvalue weighted by molar-refractivity contribution is 6.30. The number of benzene rings is 2. The maximum atomic E-state index is 12.2. The molecule has 3 N–H and O–H groups in total. The number of nitrogens with zero attached hydrogens (tertiary/aromatic N) is 1. The zero-order valence-electron chi connectivity index (χ0n) is 14.7. The summed E-state index contributed by atoms with van der Waals surface area (Å²) in [6, 6.07) is 13.7. The van der Waals surface area contributed by atoms with Crippen molar-refractivity contribution in [2.75, 3.05) is 18.5 Å². The van der Waals surface area contributed by atoms with Crippen LogP contribution in [0.2, 0.25) is 5.02 Å². The quantitative estimate of drug-likeness (QED) is 0.568. The van der Waals surface area contributed by atoms with Crippen molar-refractivity contribution in [3.05, 3.63) is 75.9 Å². The van der Waals surface area contributed by atoms with Crippen LogP contribution in [0.25, 0.3) is 5.69 Å². The van der Waals surface area contributed by atoms with Gasteiger partial charge < -0.3 is 20.4 Å². The summed E-state index contributed by atoms with van der Waals surface area (Å²) in [5.41, 5.74) is 1.59. The molecule has 0 saturated heterocycles. The van der Waals surface area contributed by atoms with E-state index in [1.165, 1.54) is 4.57 Å². The van der Waals surface area contributed by atoms with Crippen LogP contribution in [0.4, 0.5) is 10.5 Å². The summed E-state index contributed by atoms with van der Waals surface area (Å²) in [6.07, 6.45) is 1.62. The van der Waals surface area contributed by atoms with Crippen molar-refractivity contribution >= 4 is 23.3 Å². The van der Waals surface area contributed by atoms with Gasteiger partial charge in [-0.05, 0) is 37.3 Å². The Morgan fingerprint density at radius 2 is 2.04 bits per heavy atom. The molecule has 3 rings (SSSR count). The van der Waals surface area contributed by atoms with Gasteiger partial charge >= 0.3 is 11.7 Å². The SMILES string of the molecule is Cc1c[nH]c(=O)n1-c1ccccc1NC(=O)NCCOc1cccc(Cl)c1. The minimum absolute atomic E-state index is 0.267. The lowest BCUT2D eigenvalue weighted by Crippen LogP contribution is -2.32. The number of carbonyl (C=O) groups excluding carboxylic acids is 1. The molecule has 0 radical (unpaired) electrons. The Balaban J connectivity index is 1.58. The highest BCUT2D eigenvalue weighted by Crippen LogP contribution is 2.20. The van der Waals surface area contributed by atoms with Crippen molar-refractivity contribution in [1.82, 2.24) is 14.9 Å². The zero-order valence-corrected chi connectivity index (χ0v) is 15.4. The molecule has 0 spiro atoms. The summed E-state index contributed by atoms with van der Waals surface area (Å²) < 4.78 is 7.02. The van der Waals surface area contributed by atoms with Crippen molar-refractivity contribution in [1.29, 1.82) is 0 Å². The first-order chi connectivity index (χ1) is 13.0. The average Bonchev–Trinajstić information content (AvgIpc) is 2.98. The minimum Gasteiger partial charge on any atom is -0.492 e. The van der Waals surface area contributed by atoms with Gasteiger partial charge in [-0.3, -0.25) is 4.57 Å². The van der Waals surface area contributed by atoms with Gasteiger partial charge in [0.1, 0.15) is 12.4 Å². The number of carbonyl (C=O) groups is 1. The number of amides is 2. The summed E-state index contributed by atoms with van der Waals surface area (Å²) in [4.78, 5) is 26.8. The Hall–Kier alpha value is -3.19. The van der Waals surface area contributed by atoms with Gasteiger partial charge in [0.2, 0.25) is 0 Å². The van der Waals surface area contributed by atoms with E-state index in [9.17, 15) is 9.59 Å². The van der Waals surface area contributed by atoms with Gasteiger partial charge in [0.15, 0.2) is 0 Å². The number of anilines is 1. The summed E-state index contributed by atoms with van der Waals surface area (Å²) >= 11 is 5.89. The van der Waals surface area contributed by atoms with Gasteiger partial charge in [-0.25, -0.2) is 9.59 Å². The van der Waals surface area contributed by atoms with Crippen LogP contribution in [-0.4, -0.2) is 28.7 Å². The normalized spacial score (nSPS) is 10.4. The molecule has 0 bridgehead atoms. The van der Waals surface area contributed by atoms with E-state index < -0.39 is 6.03 Å². The molecule has 0 saturated carbocycles. The van der Waals surface area contributed by atoms with Crippen molar-refractivity contribution in [3.8, 4) is 11.4 Å². The third-order valence-electron chi connectivity index (χ3n) is 3.81. The number of ether oxygens (including phenoxy) is 1. The van der Waals surface area contributed by atoms with Crippen molar-refractivity contribution in [3.63, 3.8) is 0 Å². The highest BCUT2D eigenvalue weighted by Gasteiger charge is 2.11. The Morgan fingerprint density at radius 1 is 1.22 bits per heavy atom. The van der Waals surface area contributed by atoms with Gasteiger partial charge in [0, 0.05) is 16.9 Å². The van der Waals surface area contributed by atoms with E-state index >= 15 is 0 Å². The molecule has 2 amide bonds. The van der Waals surface area contributed by atoms with Crippen LogP contribution in [0, 0.1) is 6.92 Å². The van der Waals surface area contributed by atoms with Crippen LogP contribution in [0.5, 0.6) is 5.75 Å². The molecule has 2 aromatic carbocycles. The number of aryl methyl sites for hydroxylation is 1. The minimum atomic E-state index is -0.390. The molecule has 27 heavy (non-hydrogen) atoms. The van der Waals surface area contributed by atoms with E-state index in [0.717, 1.165) is 5.69 Å².